The van der Waals surface area contributed by atoms with Gasteiger partial charge in [-0.15, -0.1) is 10.2 Å². The molecule has 1 fully saturated rings. The molecule has 0 aliphatic carbocycles. The van der Waals surface area contributed by atoms with E-state index in [0.717, 1.165) is 6.42 Å². The van der Waals surface area contributed by atoms with E-state index in [1.54, 1.807) is 7.11 Å². The number of nitrogens with one attached hydrogen (secondary N) is 1. The van der Waals surface area contributed by atoms with Gasteiger partial charge >= 0.3 is 0 Å². The maximum absolute atomic E-state index is 11.9. The van der Waals surface area contributed by atoms with Crippen molar-refractivity contribution in [3.8, 4) is 0 Å². The van der Waals surface area contributed by atoms with Gasteiger partial charge in [0, 0.05) is 26.6 Å². The first-order valence-electron chi connectivity index (χ1n) is 6.23. The summed E-state index contributed by atoms with van der Waals surface area (Å²) >= 11 is 2.69. The Labute approximate surface area is 125 Å². The fourth-order valence-electron chi connectivity index (χ4n) is 1.71. The van der Waals surface area contributed by atoms with E-state index in [1.165, 1.54) is 28.0 Å². The summed E-state index contributed by atoms with van der Waals surface area (Å²) in [5, 5.41) is 11.7. The smallest absolute Gasteiger partial charge is 0.239 e. The highest BCUT2D eigenvalue weighted by atomic mass is 32.2. The van der Waals surface area contributed by atoms with Gasteiger partial charge in [0.2, 0.25) is 16.9 Å². The fraction of sp³-hybridized carbons (Fsp3) is 0.636. The van der Waals surface area contributed by atoms with Gasteiger partial charge in [-0.05, 0) is 6.42 Å². The molecule has 110 valence electrons. The summed E-state index contributed by atoms with van der Waals surface area (Å²) in [5.41, 5.74) is 0. The molecule has 0 aromatic carbocycles. The molecular formula is C11H16N4O3S2. The highest BCUT2D eigenvalue weighted by Gasteiger charge is 2.26. The summed E-state index contributed by atoms with van der Waals surface area (Å²) in [6.07, 6.45) is 1.24. The van der Waals surface area contributed by atoms with Crippen LogP contribution < -0.4 is 5.32 Å². The number of hydrogen-bond donors (Lipinski definition) is 1. The van der Waals surface area contributed by atoms with Crippen molar-refractivity contribution >= 4 is 40.0 Å². The van der Waals surface area contributed by atoms with Crippen molar-refractivity contribution in [2.45, 2.75) is 17.2 Å². The van der Waals surface area contributed by atoms with Gasteiger partial charge in [0.1, 0.15) is 0 Å². The highest BCUT2D eigenvalue weighted by Crippen LogP contribution is 2.26. The van der Waals surface area contributed by atoms with Crippen molar-refractivity contribution in [3.05, 3.63) is 0 Å². The number of carbonyl (C=O) groups excluding carboxylic acids is 2. The molecule has 1 aliphatic heterocycles. The van der Waals surface area contributed by atoms with Gasteiger partial charge in [-0.2, -0.15) is 0 Å². The summed E-state index contributed by atoms with van der Waals surface area (Å²) in [6.45, 7) is 1.80. The van der Waals surface area contributed by atoms with E-state index in [4.69, 9.17) is 4.74 Å². The minimum absolute atomic E-state index is 0.0743. The van der Waals surface area contributed by atoms with E-state index in [0.29, 0.717) is 35.6 Å². The lowest BCUT2D eigenvalue weighted by atomic mass is 10.4. The fourth-order valence-corrected chi connectivity index (χ4v) is 3.37. The largest absolute Gasteiger partial charge is 0.383 e. The van der Waals surface area contributed by atoms with Crippen LogP contribution in [0.3, 0.4) is 0 Å². The zero-order valence-electron chi connectivity index (χ0n) is 11.1. The molecule has 9 heteroatoms. The van der Waals surface area contributed by atoms with Gasteiger partial charge in [0.05, 0.1) is 12.4 Å². The molecule has 0 bridgehead atoms. The Hall–Kier alpha value is -1.19. The van der Waals surface area contributed by atoms with Gasteiger partial charge in [-0.25, -0.2) is 0 Å². The number of amides is 2. The van der Waals surface area contributed by atoms with Crippen LogP contribution in [0.25, 0.3) is 0 Å². The van der Waals surface area contributed by atoms with E-state index in [1.807, 2.05) is 0 Å². The molecule has 0 unspecified atom stereocenters. The number of ether oxygens (including phenoxy) is 1. The van der Waals surface area contributed by atoms with Crippen LogP contribution in [0.15, 0.2) is 4.34 Å². The first-order valence-corrected chi connectivity index (χ1v) is 8.03. The van der Waals surface area contributed by atoms with Crippen LogP contribution in [0.1, 0.15) is 12.8 Å². The van der Waals surface area contributed by atoms with Crippen LogP contribution >= 0.6 is 23.1 Å². The Balaban J connectivity index is 1.76. The molecule has 0 atom stereocenters. The predicted octanol–water partition coefficient (Wildman–Crippen LogP) is 0.837. The lowest BCUT2D eigenvalue weighted by molar-refractivity contribution is -0.140. The number of carbonyl (C=O) groups is 2. The number of aromatic nitrogens is 2. The van der Waals surface area contributed by atoms with E-state index < -0.39 is 0 Å². The molecule has 1 aromatic rings. The molecule has 20 heavy (non-hydrogen) atoms. The summed E-state index contributed by atoms with van der Waals surface area (Å²) in [7, 11) is 1.63. The molecule has 7 nitrogen and oxygen atoms in total. The second-order valence-electron chi connectivity index (χ2n) is 4.12. The molecule has 0 saturated carbocycles. The van der Waals surface area contributed by atoms with Crippen molar-refractivity contribution in [1.29, 1.82) is 0 Å². The van der Waals surface area contributed by atoms with E-state index in [9.17, 15) is 9.59 Å². The van der Waals surface area contributed by atoms with Gasteiger partial charge < -0.3 is 10.1 Å². The molecule has 2 heterocycles. The summed E-state index contributed by atoms with van der Waals surface area (Å²) in [6, 6.07) is 0. The van der Waals surface area contributed by atoms with E-state index >= 15 is 0 Å². The number of likely N-dealkylation sites (tertiary alicyclic amines) is 1. The van der Waals surface area contributed by atoms with Gasteiger partial charge in [-0.3, -0.25) is 14.5 Å². The Kier molecular flexibility index (Phi) is 5.74. The van der Waals surface area contributed by atoms with E-state index in [2.05, 4.69) is 15.5 Å². The van der Waals surface area contributed by atoms with Gasteiger partial charge in [0.25, 0.3) is 0 Å². The number of thioether (sulfide) groups is 1. The number of methoxy groups -OCH3 is 1. The standard InChI is InChI=1S/C11H16N4O3S2/c1-18-6-4-12-10-13-14-11(20-10)19-7-9(17)15-5-2-3-8(15)16/h2-7H2,1H3,(H,12,13). The maximum atomic E-state index is 11.9. The molecule has 2 rings (SSSR count). The average molecular weight is 316 g/mol. The monoisotopic (exact) mass is 316 g/mol. The Morgan fingerprint density at radius 3 is 3.10 bits per heavy atom. The quantitative estimate of drug-likeness (QED) is 0.589. The highest BCUT2D eigenvalue weighted by molar-refractivity contribution is 8.01. The summed E-state index contributed by atoms with van der Waals surface area (Å²) in [5.74, 6) is -0.00490. The van der Waals surface area contributed by atoms with Crippen LogP contribution in [0, 0.1) is 0 Å². The first-order chi connectivity index (χ1) is 9.70. The molecule has 0 spiro atoms. The van der Waals surface area contributed by atoms with Crippen LogP contribution in [-0.4, -0.2) is 59.5 Å². The maximum Gasteiger partial charge on any atom is 0.239 e. The minimum atomic E-state index is -0.151. The zero-order valence-corrected chi connectivity index (χ0v) is 12.8. The van der Waals surface area contributed by atoms with Crippen molar-refractivity contribution in [3.63, 3.8) is 0 Å². The van der Waals surface area contributed by atoms with Crippen molar-refractivity contribution in [1.82, 2.24) is 15.1 Å². The van der Waals surface area contributed by atoms with E-state index in [-0.39, 0.29) is 17.6 Å². The second-order valence-corrected chi connectivity index (χ2v) is 6.32. The summed E-state index contributed by atoms with van der Waals surface area (Å²) < 4.78 is 5.64. The molecule has 1 aromatic heterocycles. The summed E-state index contributed by atoms with van der Waals surface area (Å²) in [4.78, 5) is 24.6. The topological polar surface area (TPSA) is 84.4 Å². The second kappa shape index (κ2) is 7.55. The number of imide groups is 1. The van der Waals surface area contributed by atoms with Crippen LogP contribution in [0.5, 0.6) is 0 Å². The number of hydrogen-bond acceptors (Lipinski definition) is 8. The molecular weight excluding hydrogens is 300 g/mol. The molecule has 1 aliphatic rings. The molecule has 1 saturated heterocycles. The Morgan fingerprint density at radius 1 is 1.55 bits per heavy atom. The lowest BCUT2D eigenvalue weighted by Crippen LogP contribution is -2.33. The number of nitrogens with zero attached hydrogens (tertiary/aromatic N) is 3. The predicted molar refractivity (Wildman–Crippen MR) is 77.0 cm³/mol. The molecule has 1 N–H and O–H groups in total. The van der Waals surface area contributed by atoms with Crippen molar-refractivity contribution < 1.29 is 14.3 Å². The molecule has 2 amide bonds. The Bertz CT molecular complexity index is 480. The third-order valence-corrected chi connectivity index (χ3v) is 4.68. The lowest BCUT2D eigenvalue weighted by Gasteiger charge is -2.11. The van der Waals surface area contributed by atoms with Crippen LogP contribution in [0.2, 0.25) is 0 Å². The van der Waals surface area contributed by atoms with Crippen LogP contribution in [-0.2, 0) is 14.3 Å². The van der Waals surface area contributed by atoms with Crippen LogP contribution in [0.4, 0.5) is 5.13 Å². The first kappa shape index (κ1) is 15.2. The third kappa shape index (κ3) is 4.15. The normalized spacial score (nSPS) is 14.8. The number of rotatable bonds is 7. The van der Waals surface area contributed by atoms with Crippen molar-refractivity contribution in [2.75, 3.05) is 37.9 Å². The third-order valence-electron chi connectivity index (χ3n) is 2.68. The minimum Gasteiger partial charge on any atom is -0.383 e. The Morgan fingerprint density at radius 2 is 2.40 bits per heavy atom. The van der Waals surface area contributed by atoms with Gasteiger partial charge in [-0.1, -0.05) is 23.1 Å². The van der Waals surface area contributed by atoms with Crippen molar-refractivity contribution in [2.24, 2.45) is 0 Å². The van der Waals surface area contributed by atoms with Gasteiger partial charge in [0.15, 0.2) is 4.34 Å². The zero-order chi connectivity index (χ0) is 14.4. The average Bonchev–Trinajstić information content (AvgIpc) is 3.05. The molecule has 0 radical (unpaired) electrons. The number of anilines is 1. The SMILES string of the molecule is COCCNc1nnc(SCC(=O)N2CCCC2=O)s1.